The van der Waals surface area contributed by atoms with Crippen molar-refractivity contribution in [3.63, 3.8) is 0 Å². The van der Waals surface area contributed by atoms with E-state index >= 15 is 0 Å². The molecular weight excluding hydrogens is 180 g/mol. The van der Waals surface area contributed by atoms with Gasteiger partial charge in [0.15, 0.2) is 5.96 Å². The topological polar surface area (TPSA) is 93.5 Å². The molecule has 0 fully saturated rings. The molecule has 0 aliphatic heterocycles. The molecule has 0 spiro atoms. The van der Waals surface area contributed by atoms with Crippen molar-refractivity contribution in [3.8, 4) is 0 Å². The van der Waals surface area contributed by atoms with Crippen molar-refractivity contribution in [1.82, 2.24) is 0 Å². The fourth-order valence-corrected chi connectivity index (χ4v) is 0.954. The van der Waals surface area contributed by atoms with E-state index in [9.17, 15) is 4.79 Å². The van der Waals surface area contributed by atoms with Gasteiger partial charge in [0.1, 0.15) is 0 Å². The van der Waals surface area contributed by atoms with Crippen molar-refractivity contribution >= 4 is 17.6 Å². The van der Waals surface area contributed by atoms with Gasteiger partial charge in [0.05, 0.1) is 0 Å². The summed E-state index contributed by atoms with van der Waals surface area (Å²) in [5.41, 5.74) is 11.7. The summed E-state index contributed by atoms with van der Waals surface area (Å²) in [5, 5.41) is 2.81. The monoisotopic (exact) mass is 192 g/mol. The minimum absolute atomic E-state index is 0.284. The van der Waals surface area contributed by atoms with Crippen molar-refractivity contribution in [3.05, 3.63) is 29.8 Å². The van der Waals surface area contributed by atoms with Gasteiger partial charge in [-0.05, 0) is 18.2 Å². The van der Waals surface area contributed by atoms with Gasteiger partial charge in [0.2, 0.25) is 5.91 Å². The van der Waals surface area contributed by atoms with E-state index in [-0.39, 0.29) is 5.96 Å². The maximum Gasteiger partial charge on any atom is 0.248 e. The SMILES string of the molecule is CN=C(N)Nc1cccc(C(N)=O)c1. The number of anilines is 1. The number of hydrogen-bond acceptors (Lipinski definition) is 2. The first-order chi connectivity index (χ1) is 6.63. The Labute approximate surface area is 81.8 Å². The first-order valence-electron chi connectivity index (χ1n) is 4.02. The van der Waals surface area contributed by atoms with Crippen LogP contribution in [0.2, 0.25) is 0 Å². The predicted octanol–water partition coefficient (Wildman–Crippen LogP) is 0.142. The number of benzene rings is 1. The molecule has 1 aromatic rings. The molecule has 0 unspecified atom stereocenters. The normalized spacial score (nSPS) is 11.1. The number of hydrogen-bond donors (Lipinski definition) is 3. The Hall–Kier alpha value is -2.04. The van der Waals surface area contributed by atoms with E-state index in [4.69, 9.17) is 11.5 Å². The molecule has 1 amide bonds. The average molecular weight is 192 g/mol. The summed E-state index contributed by atoms with van der Waals surface area (Å²) in [6.07, 6.45) is 0. The molecule has 0 atom stereocenters. The molecule has 5 heteroatoms. The van der Waals surface area contributed by atoms with Crippen LogP contribution in [0.4, 0.5) is 5.69 Å². The Balaban J connectivity index is 2.89. The molecule has 1 aromatic carbocycles. The van der Waals surface area contributed by atoms with Crippen molar-refractivity contribution in [2.24, 2.45) is 16.5 Å². The van der Waals surface area contributed by atoms with E-state index in [2.05, 4.69) is 10.3 Å². The molecule has 0 radical (unpaired) electrons. The van der Waals surface area contributed by atoms with Gasteiger partial charge in [-0.3, -0.25) is 9.79 Å². The Morgan fingerprint density at radius 1 is 1.43 bits per heavy atom. The lowest BCUT2D eigenvalue weighted by Gasteiger charge is -2.05. The second-order valence-electron chi connectivity index (χ2n) is 2.68. The zero-order chi connectivity index (χ0) is 10.6. The zero-order valence-electron chi connectivity index (χ0n) is 7.82. The molecule has 1 rings (SSSR count). The van der Waals surface area contributed by atoms with Gasteiger partial charge >= 0.3 is 0 Å². The van der Waals surface area contributed by atoms with E-state index in [0.29, 0.717) is 11.3 Å². The van der Waals surface area contributed by atoms with E-state index < -0.39 is 5.91 Å². The molecule has 0 aliphatic carbocycles. The number of carbonyl (C=O) groups excluding carboxylic acids is 1. The van der Waals surface area contributed by atoms with Crippen molar-refractivity contribution in [1.29, 1.82) is 0 Å². The third-order valence-corrected chi connectivity index (χ3v) is 1.66. The van der Waals surface area contributed by atoms with Gasteiger partial charge in [0.25, 0.3) is 0 Å². The molecule has 74 valence electrons. The van der Waals surface area contributed by atoms with Gasteiger partial charge in [0, 0.05) is 18.3 Å². The molecule has 5 N–H and O–H groups in total. The summed E-state index contributed by atoms with van der Waals surface area (Å²) in [6.45, 7) is 0. The lowest BCUT2D eigenvalue weighted by Crippen LogP contribution is -2.22. The minimum Gasteiger partial charge on any atom is -0.370 e. The van der Waals surface area contributed by atoms with Crippen LogP contribution in [0.1, 0.15) is 10.4 Å². The number of rotatable bonds is 2. The van der Waals surface area contributed by atoms with Gasteiger partial charge in [-0.15, -0.1) is 0 Å². The number of nitrogens with one attached hydrogen (secondary N) is 1. The van der Waals surface area contributed by atoms with Gasteiger partial charge < -0.3 is 16.8 Å². The number of guanidine groups is 1. The van der Waals surface area contributed by atoms with Crippen LogP contribution in [-0.2, 0) is 0 Å². The summed E-state index contributed by atoms with van der Waals surface area (Å²) < 4.78 is 0. The lowest BCUT2D eigenvalue weighted by molar-refractivity contribution is 0.100. The van der Waals surface area contributed by atoms with Crippen molar-refractivity contribution < 1.29 is 4.79 Å². The molecule has 0 heterocycles. The highest BCUT2D eigenvalue weighted by molar-refractivity contribution is 5.96. The van der Waals surface area contributed by atoms with Crippen molar-refractivity contribution in [2.45, 2.75) is 0 Å². The highest BCUT2D eigenvalue weighted by Gasteiger charge is 2.01. The molecule has 0 aliphatic rings. The summed E-state index contributed by atoms with van der Waals surface area (Å²) in [4.78, 5) is 14.6. The van der Waals surface area contributed by atoms with Crippen molar-refractivity contribution in [2.75, 3.05) is 12.4 Å². The Morgan fingerprint density at radius 3 is 2.71 bits per heavy atom. The van der Waals surface area contributed by atoms with Gasteiger partial charge in [-0.1, -0.05) is 6.07 Å². The second kappa shape index (κ2) is 4.27. The maximum atomic E-state index is 10.8. The Bertz CT molecular complexity index is 373. The predicted molar refractivity (Wildman–Crippen MR) is 56.1 cm³/mol. The quantitative estimate of drug-likeness (QED) is 0.459. The average Bonchev–Trinajstić information content (AvgIpc) is 2.18. The van der Waals surface area contributed by atoms with Crippen LogP contribution in [0.3, 0.4) is 0 Å². The van der Waals surface area contributed by atoms with Crippen LogP contribution in [-0.4, -0.2) is 18.9 Å². The van der Waals surface area contributed by atoms with E-state index in [1.165, 1.54) is 0 Å². The third kappa shape index (κ3) is 2.48. The molecular formula is C9H12N4O. The van der Waals surface area contributed by atoms with Crippen LogP contribution >= 0.6 is 0 Å². The van der Waals surface area contributed by atoms with Crippen LogP contribution < -0.4 is 16.8 Å². The number of nitrogens with two attached hydrogens (primary N) is 2. The van der Waals surface area contributed by atoms with Crippen LogP contribution in [0, 0.1) is 0 Å². The lowest BCUT2D eigenvalue weighted by atomic mass is 10.2. The van der Waals surface area contributed by atoms with E-state index in [1.54, 1.807) is 31.3 Å². The largest absolute Gasteiger partial charge is 0.370 e. The standard InChI is InChI=1S/C9H12N4O/c1-12-9(11)13-7-4-2-3-6(5-7)8(10)14/h2-5H,1H3,(H2,10,14)(H3,11,12,13). The summed E-state index contributed by atoms with van der Waals surface area (Å²) in [5.74, 6) is -0.188. The third-order valence-electron chi connectivity index (χ3n) is 1.66. The number of nitrogens with zero attached hydrogens (tertiary/aromatic N) is 1. The first-order valence-corrected chi connectivity index (χ1v) is 4.02. The highest BCUT2D eigenvalue weighted by Crippen LogP contribution is 2.09. The minimum atomic E-state index is -0.472. The van der Waals surface area contributed by atoms with E-state index in [1.807, 2.05) is 0 Å². The molecule has 0 saturated heterocycles. The fourth-order valence-electron chi connectivity index (χ4n) is 0.954. The molecule has 0 saturated carbocycles. The Morgan fingerprint density at radius 2 is 2.14 bits per heavy atom. The summed E-state index contributed by atoms with van der Waals surface area (Å²) in [7, 11) is 1.57. The van der Waals surface area contributed by atoms with Gasteiger partial charge in [-0.25, -0.2) is 0 Å². The Kier molecular flexibility index (Phi) is 3.06. The van der Waals surface area contributed by atoms with Gasteiger partial charge in [-0.2, -0.15) is 0 Å². The number of amides is 1. The summed E-state index contributed by atoms with van der Waals surface area (Å²) in [6, 6.07) is 6.73. The number of primary amides is 1. The smallest absolute Gasteiger partial charge is 0.248 e. The first kappa shape index (κ1) is 10.0. The second-order valence-corrected chi connectivity index (χ2v) is 2.68. The van der Waals surface area contributed by atoms with E-state index in [0.717, 1.165) is 0 Å². The van der Waals surface area contributed by atoms with Crippen LogP contribution in [0.5, 0.6) is 0 Å². The van der Waals surface area contributed by atoms with Crippen LogP contribution in [0.15, 0.2) is 29.3 Å². The molecule has 5 nitrogen and oxygen atoms in total. The number of carbonyl (C=O) groups is 1. The summed E-state index contributed by atoms with van der Waals surface area (Å²) >= 11 is 0. The molecule has 14 heavy (non-hydrogen) atoms. The zero-order valence-corrected chi connectivity index (χ0v) is 7.82. The fraction of sp³-hybridized carbons (Fsp3) is 0.111. The maximum absolute atomic E-state index is 10.8. The molecule has 0 bridgehead atoms. The number of aliphatic imine (C=N–C) groups is 1. The highest BCUT2D eigenvalue weighted by atomic mass is 16.1. The molecule has 0 aromatic heterocycles. The van der Waals surface area contributed by atoms with Crippen LogP contribution in [0.25, 0.3) is 0 Å².